The zero-order valence-electron chi connectivity index (χ0n) is 20.4. The van der Waals surface area contributed by atoms with E-state index in [0.717, 1.165) is 43.4 Å². The van der Waals surface area contributed by atoms with Gasteiger partial charge in [-0.3, -0.25) is 4.79 Å². The summed E-state index contributed by atoms with van der Waals surface area (Å²) >= 11 is 0. The van der Waals surface area contributed by atoms with Gasteiger partial charge in [0.05, 0.1) is 25.8 Å². The lowest BCUT2D eigenvalue weighted by Gasteiger charge is -2.40. The summed E-state index contributed by atoms with van der Waals surface area (Å²) in [6.45, 7) is 8.79. The number of hydrogen-bond donors (Lipinski definition) is 0. The van der Waals surface area contributed by atoms with Gasteiger partial charge in [0.25, 0.3) is 5.91 Å². The van der Waals surface area contributed by atoms with Crippen LogP contribution in [0.2, 0.25) is 0 Å². The van der Waals surface area contributed by atoms with Gasteiger partial charge in [-0.25, -0.2) is 13.6 Å². The van der Waals surface area contributed by atoms with E-state index in [0.29, 0.717) is 23.8 Å². The van der Waals surface area contributed by atoms with Crippen molar-refractivity contribution >= 4 is 11.9 Å². The summed E-state index contributed by atoms with van der Waals surface area (Å²) in [5, 5.41) is 0. The number of likely N-dealkylation sites (tertiary alicyclic amines) is 1. The number of ether oxygens (including phenoxy) is 2. The standard InChI is InChI=1S/C27H35F2NO4/c1-5-27(12-16(2)8-17(3)13-27)15-34-20-10-21(18-6-7-18)24(22(29)11-20)25(31)30-14-19(28)9-23(30)26(32)33-4/h10-11,17-19,23H,2,5-9,12-15H2,1,3-4H3/t17?,19-,23+,27?/m1/s1. The van der Waals surface area contributed by atoms with Gasteiger partial charge in [0.2, 0.25) is 0 Å². The van der Waals surface area contributed by atoms with Crippen molar-refractivity contribution in [3.05, 3.63) is 41.2 Å². The molecule has 2 aliphatic carbocycles. The second-order valence-electron chi connectivity index (χ2n) is 10.6. The molecular formula is C27H35F2NO4. The van der Waals surface area contributed by atoms with Gasteiger partial charge in [0.15, 0.2) is 0 Å². The highest BCUT2D eigenvalue weighted by Gasteiger charge is 2.43. The molecule has 2 unspecified atom stereocenters. The molecule has 5 nitrogen and oxygen atoms in total. The molecule has 1 aliphatic heterocycles. The molecular weight excluding hydrogens is 440 g/mol. The lowest BCUT2D eigenvalue weighted by atomic mass is 9.67. The molecule has 0 N–H and O–H groups in total. The van der Waals surface area contributed by atoms with Gasteiger partial charge >= 0.3 is 5.97 Å². The summed E-state index contributed by atoms with van der Waals surface area (Å²) in [4.78, 5) is 26.6. The Kier molecular flexibility index (Phi) is 7.02. The second-order valence-corrected chi connectivity index (χ2v) is 10.6. The predicted molar refractivity (Wildman–Crippen MR) is 125 cm³/mol. The third kappa shape index (κ3) is 4.98. The van der Waals surface area contributed by atoms with Crippen molar-refractivity contribution < 1.29 is 27.8 Å². The van der Waals surface area contributed by atoms with Crippen LogP contribution in [0, 0.1) is 17.2 Å². The molecule has 4 atom stereocenters. The van der Waals surface area contributed by atoms with Gasteiger partial charge in [0, 0.05) is 17.9 Å². The van der Waals surface area contributed by atoms with Crippen LogP contribution in [0.25, 0.3) is 0 Å². The van der Waals surface area contributed by atoms with Crippen molar-refractivity contribution in [2.24, 2.45) is 11.3 Å². The number of methoxy groups -OCH3 is 1. The van der Waals surface area contributed by atoms with E-state index in [1.807, 2.05) is 0 Å². The Morgan fingerprint density at radius 1 is 1.29 bits per heavy atom. The van der Waals surface area contributed by atoms with Gasteiger partial charge in [-0.1, -0.05) is 26.0 Å². The first-order chi connectivity index (χ1) is 16.2. The van der Waals surface area contributed by atoms with Crippen LogP contribution in [0.15, 0.2) is 24.3 Å². The largest absolute Gasteiger partial charge is 0.493 e. The van der Waals surface area contributed by atoms with Crippen molar-refractivity contribution in [3.8, 4) is 5.75 Å². The highest BCUT2D eigenvalue weighted by atomic mass is 19.1. The fourth-order valence-corrected chi connectivity index (χ4v) is 5.84. The maximum absolute atomic E-state index is 15.4. The zero-order chi connectivity index (χ0) is 24.6. The smallest absolute Gasteiger partial charge is 0.328 e. The fourth-order valence-electron chi connectivity index (χ4n) is 5.84. The van der Waals surface area contributed by atoms with Crippen LogP contribution in [0.1, 0.15) is 80.6 Å². The third-order valence-corrected chi connectivity index (χ3v) is 7.65. The number of benzene rings is 1. The molecule has 0 radical (unpaired) electrons. The molecule has 1 amide bonds. The molecule has 2 saturated carbocycles. The molecule has 34 heavy (non-hydrogen) atoms. The minimum atomic E-state index is -1.35. The van der Waals surface area contributed by atoms with Crippen LogP contribution in [0.3, 0.4) is 0 Å². The number of hydrogen-bond acceptors (Lipinski definition) is 4. The minimum absolute atomic E-state index is 0.0289. The maximum Gasteiger partial charge on any atom is 0.328 e. The number of carbonyl (C=O) groups is 2. The Hall–Kier alpha value is -2.44. The van der Waals surface area contributed by atoms with Crippen LogP contribution < -0.4 is 4.74 Å². The molecule has 7 heteroatoms. The van der Waals surface area contributed by atoms with Crippen molar-refractivity contribution in [1.29, 1.82) is 0 Å². The summed E-state index contributed by atoms with van der Waals surface area (Å²) in [6.07, 6.45) is 4.13. The number of esters is 1. The maximum atomic E-state index is 15.4. The Labute approximate surface area is 200 Å². The van der Waals surface area contributed by atoms with E-state index in [1.54, 1.807) is 6.07 Å². The minimum Gasteiger partial charge on any atom is -0.493 e. The van der Waals surface area contributed by atoms with E-state index < -0.39 is 29.9 Å². The Bertz CT molecular complexity index is 976. The number of allylic oxidation sites excluding steroid dienone is 1. The highest BCUT2D eigenvalue weighted by Crippen LogP contribution is 2.46. The molecule has 3 fully saturated rings. The quantitative estimate of drug-likeness (QED) is 0.382. The van der Waals surface area contributed by atoms with E-state index in [1.165, 1.54) is 18.7 Å². The van der Waals surface area contributed by atoms with Crippen LogP contribution in [-0.2, 0) is 9.53 Å². The molecule has 0 bridgehead atoms. The van der Waals surface area contributed by atoms with Crippen LogP contribution in [-0.4, -0.2) is 49.3 Å². The average Bonchev–Trinajstić information content (AvgIpc) is 3.57. The highest BCUT2D eigenvalue weighted by molar-refractivity contribution is 5.99. The van der Waals surface area contributed by atoms with E-state index in [-0.39, 0.29) is 29.9 Å². The lowest BCUT2D eigenvalue weighted by Crippen LogP contribution is -2.42. The zero-order valence-corrected chi connectivity index (χ0v) is 20.4. The summed E-state index contributed by atoms with van der Waals surface area (Å²) in [5.41, 5.74) is 1.70. The average molecular weight is 476 g/mol. The number of halogens is 2. The van der Waals surface area contributed by atoms with Crippen molar-refractivity contribution in [3.63, 3.8) is 0 Å². The fraction of sp³-hybridized carbons (Fsp3) is 0.630. The summed E-state index contributed by atoms with van der Waals surface area (Å²) in [6, 6.07) is 1.97. The number of amides is 1. The predicted octanol–water partition coefficient (Wildman–Crippen LogP) is 5.58. The Balaban J connectivity index is 1.58. The molecule has 4 rings (SSSR count). The Morgan fingerprint density at radius 2 is 2.03 bits per heavy atom. The molecule has 1 heterocycles. The van der Waals surface area contributed by atoms with Crippen molar-refractivity contribution in [1.82, 2.24) is 4.90 Å². The number of rotatable bonds is 7. The molecule has 186 valence electrons. The van der Waals surface area contributed by atoms with E-state index in [9.17, 15) is 14.0 Å². The van der Waals surface area contributed by atoms with Crippen molar-refractivity contribution in [2.75, 3.05) is 20.3 Å². The molecule has 1 aromatic rings. The van der Waals surface area contributed by atoms with E-state index in [4.69, 9.17) is 9.47 Å². The molecule has 1 saturated heterocycles. The van der Waals surface area contributed by atoms with Crippen LogP contribution in [0.4, 0.5) is 8.78 Å². The Morgan fingerprint density at radius 3 is 2.65 bits per heavy atom. The van der Waals surface area contributed by atoms with Gasteiger partial charge in [-0.2, -0.15) is 0 Å². The first kappa shape index (κ1) is 24.7. The summed E-state index contributed by atoms with van der Waals surface area (Å²) < 4.78 is 40.4. The summed E-state index contributed by atoms with van der Waals surface area (Å²) in [5.74, 6) is -1.04. The monoisotopic (exact) mass is 475 g/mol. The van der Waals surface area contributed by atoms with E-state index in [2.05, 4.69) is 20.4 Å². The third-order valence-electron chi connectivity index (χ3n) is 7.65. The second kappa shape index (κ2) is 9.67. The van der Waals surface area contributed by atoms with Gasteiger partial charge < -0.3 is 14.4 Å². The van der Waals surface area contributed by atoms with Crippen LogP contribution >= 0.6 is 0 Å². The molecule has 0 spiro atoms. The first-order valence-electron chi connectivity index (χ1n) is 12.3. The van der Waals surface area contributed by atoms with Gasteiger partial charge in [-0.15, -0.1) is 0 Å². The normalized spacial score (nSPS) is 29.3. The van der Waals surface area contributed by atoms with E-state index >= 15 is 4.39 Å². The lowest BCUT2D eigenvalue weighted by molar-refractivity contribution is -0.145. The molecule has 3 aliphatic rings. The van der Waals surface area contributed by atoms with Gasteiger partial charge in [-0.05, 0) is 62.0 Å². The topological polar surface area (TPSA) is 55.8 Å². The number of alkyl halides is 1. The molecule has 1 aromatic carbocycles. The van der Waals surface area contributed by atoms with Crippen molar-refractivity contribution in [2.45, 2.75) is 76.9 Å². The SMILES string of the molecule is C=C1CC(C)CC(CC)(COc2cc(F)c(C(=O)N3C[C@H](F)C[C@H]3C(=O)OC)c(C3CC3)c2)C1. The van der Waals surface area contributed by atoms with Gasteiger partial charge in [0.1, 0.15) is 23.8 Å². The number of carbonyl (C=O) groups excluding carboxylic acids is 2. The first-order valence-corrected chi connectivity index (χ1v) is 12.3. The molecule has 0 aromatic heterocycles. The number of nitrogens with zero attached hydrogens (tertiary/aromatic N) is 1. The summed E-state index contributed by atoms with van der Waals surface area (Å²) in [7, 11) is 1.20. The van der Waals surface area contributed by atoms with Crippen LogP contribution in [0.5, 0.6) is 5.75 Å².